The first-order valence-corrected chi connectivity index (χ1v) is 10.9. The fourth-order valence-electron chi connectivity index (χ4n) is 4.66. The molecule has 2 N–H and O–H groups in total. The molecule has 2 unspecified atom stereocenters. The Morgan fingerprint density at radius 3 is 2.59 bits per heavy atom. The fraction of sp³-hybridized carbons (Fsp3) is 0.458. The second kappa shape index (κ2) is 8.41. The van der Waals surface area contributed by atoms with Gasteiger partial charge in [0.1, 0.15) is 11.5 Å². The molecule has 0 saturated carbocycles. The van der Waals surface area contributed by atoms with Crippen LogP contribution in [-0.2, 0) is 11.3 Å². The van der Waals surface area contributed by atoms with Gasteiger partial charge in [-0.3, -0.25) is 9.59 Å². The number of hydrogen-bond donors (Lipinski definition) is 2. The van der Waals surface area contributed by atoms with Crippen molar-refractivity contribution in [1.29, 1.82) is 0 Å². The second-order valence-corrected chi connectivity index (χ2v) is 10.0. The smallest absolute Gasteiger partial charge is 0.323 e. The number of urea groups is 1. The van der Waals surface area contributed by atoms with E-state index in [1.165, 1.54) is 18.2 Å². The molecule has 7 nitrogen and oxygen atoms in total. The molecule has 1 fully saturated rings. The number of benzene rings is 1. The number of nitrogens with zero attached hydrogens (tertiary/aromatic N) is 2. The molecule has 4 rings (SSSR count). The maximum atomic E-state index is 13.3. The van der Waals surface area contributed by atoms with Crippen LogP contribution in [0.3, 0.4) is 0 Å². The quantitative estimate of drug-likeness (QED) is 0.756. The topological polar surface area (TPSA) is 83.4 Å². The highest BCUT2D eigenvalue weighted by atomic mass is 19.1. The van der Waals surface area contributed by atoms with Crippen LogP contribution in [0.2, 0.25) is 0 Å². The molecule has 8 heteroatoms. The third-order valence-electron chi connectivity index (χ3n) is 5.97. The van der Waals surface area contributed by atoms with Crippen molar-refractivity contribution in [2.45, 2.75) is 46.1 Å². The maximum absolute atomic E-state index is 13.3. The monoisotopic (exact) mass is 440 g/mol. The highest BCUT2D eigenvalue weighted by molar-refractivity contribution is 5.99. The number of halogens is 1. The molecule has 1 aromatic carbocycles. The average molecular weight is 441 g/mol. The molecule has 0 aliphatic carbocycles. The molecule has 32 heavy (non-hydrogen) atoms. The van der Waals surface area contributed by atoms with Crippen molar-refractivity contribution >= 4 is 23.3 Å². The maximum Gasteiger partial charge on any atom is 0.323 e. The van der Waals surface area contributed by atoms with E-state index in [2.05, 4.69) is 31.4 Å². The standard InChI is InChI=1S/C24H29FN4O3/c1-24(2,3)11-21(30)28-12-15-9-16(14-28)20-8-7-19(22(31)29(20)13-15)27-23(32)26-18-6-4-5-17(25)10-18/h4-8,10,15-16H,9,11-14H2,1-3H3,(H2,26,27,32). The molecule has 0 spiro atoms. The van der Waals surface area contributed by atoms with E-state index in [-0.39, 0.29) is 34.4 Å². The number of nitrogens with one attached hydrogen (secondary N) is 2. The number of hydrogen-bond acceptors (Lipinski definition) is 3. The van der Waals surface area contributed by atoms with Crippen molar-refractivity contribution in [1.82, 2.24) is 9.47 Å². The summed E-state index contributed by atoms with van der Waals surface area (Å²) in [6.45, 7) is 7.95. The first-order chi connectivity index (χ1) is 15.1. The van der Waals surface area contributed by atoms with Gasteiger partial charge in [-0.05, 0) is 48.1 Å². The summed E-state index contributed by atoms with van der Waals surface area (Å²) in [4.78, 5) is 40.1. The van der Waals surface area contributed by atoms with Crippen molar-refractivity contribution in [3.8, 4) is 0 Å². The lowest BCUT2D eigenvalue weighted by molar-refractivity contribution is -0.135. The summed E-state index contributed by atoms with van der Waals surface area (Å²) in [6, 6.07) is 8.40. The molecular formula is C24H29FN4O3. The zero-order chi connectivity index (χ0) is 23.0. The predicted octanol–water partition coefficient (Wildman–Crippen LogP) is 4.01. The number of rotatable bonds is 3. The van der Waals surface area contributed by atoms with Gasteiger partial charge < -0.3 is 20.1 Å². The highest BCUT2D eigenvalue weighted by Gasteiger charge is 2.37. The molecule has 2 aliphatic heterocycles. The van der Waals surface area contributed by atoms with Crippen molar-refractivity contribution in [3.05, 3.63) is 58.3 Å². The van der Waals surface area contributed by atoms with Crippen molar-refractivity contribution in [2.75, 3.05) is 23.7 Å². The number of fused-ring (bicyclic) bond motifs is 4. The minimum Gasteiger partial charge on any atom is -0.342 e. The molecule has 1 aromatic heterocycles. The van der Waals surface area contributed by atoms with E-state index < -0.39 is 11.8 Å². The summed E-state index contributed by atoms with van der Waals surface area (Å²) < 4.78 is 15.0. The van der Waals surface area contributed by atoms with Crippen LogP contribution in [0.1, 0.15) is 45.2 Å². The van der Waals surface area contributed by atoms with Crippen LogP contribution in [0.5, 0.6) is 0 Å². The van der Waals surface area contributed by atoms with E-state index in [1.54, 1.807) is 16.7 Å². The number of pyridine rings is 1. The second-order valence-electron chi connectivity index (χ2n) is 10.0. The van der Waals surface area contributed by atoms with Gasteiger partial charge in [0.25, 0.3) is 5.56 Å². The van der Waals surface area contributed by atoms with Crippen molar-refractivity contribution in [3.63, 3.8) is 0 Å². The summed E-state index contributed by atoms with van der Waals surface area (Å²) >= 11 is 0. The third-order valence-corrected chi connectivity index (χ3v) is 5.97. The molecule has 1 saturated heterocycles. The first-order valence-electron chi connectivity index (χ1n) is 10.9. The summed E-state index contributed by atoms with van der Waals surface area (Å²) in [5.41, 5.74) is 1.04. The lowest BCUT2D eigenvalue weighted by atomic mass is 9.82. The average Bonchev–Trinajstić information content (AvgIpc) is 2.69. The Hall–Kier alpha value is -3.16. The molecule has 0 radical (unpaired) electrons. The molecular weight excluding hydrogens is 411 g/mol. The number of carbonyl (C=O) groups excluding carboxylic acids is 2. The number of piperidine rings is 1. The molecule has 2 atom stereocenters. The van der Waals surface area contributed by atoms with Gasteiger partial charge >= 0.3 is 6.03 Å². The summed E-state index contributed by atoms with van der Waals surface area (Å²) in [5, 5.41) is 5.11. The van der Waals surface area contributed by atoms with E-state index >= 15 is 0 Å². The lowest BCUT2D eigenvalue weighted by Gasteiger charge is -2.43. The molecule has 170 valence electrons. The molecule has 2 bridgehead atoms. The Balaban J connectivity index is 1.49. The number of anilines is 2. The fourth-order valence-corrected chi connectivity index (χ4v) is 4.66. The SMILES string of the molecule is CC(C)(C)CC(=O)N1CC2CC(C1)c1ccc(NC(=O)Nc3cccc(F)c3)c(=O)n1C2. The first kappa shape index (κ1) is 22.0. The molecule has 3 amide bonds. The Morgan fingerprint density at radius 1 is 1.09 bits per heavy atom. The minimum absolute atomic E-state index is 0.0643. The summed E-state index contributed by atoms with van der Waals surface area (Å²) in [5.74, 6) is 0.0158. The van der Waals surface area contributed by atoms with E-state index in [0.29, 0.717) is 31.7 Å². The highest BCUT2D eigenvalue weighted by Crippen LogP contribution is 2.36. The van der Waals surface area contributed by atoms with Gasteiger partial charge in [-0.1, -0.05) is 26.8 Å². The number of amides is 3. The van der Waals surface area contributed by atoms with E-state index in [9.17, 15) is 18.8 Å². The van der Waals surface area contributed by atoms with Crippen LogP contribution in [0.25, 0.3) is 0 Å². The number of aromatic nitrogens is 1. The normalized spacial score (nSPS) is 19.8. The molecule has 2 aliphatic rings. The summed E-state index contributed by atoms with van der Waals surface area (Å²) in [7, 11) is 0. The molecule has 3 heterocycles. The van der Waals surface area contributed by atoms with Crippen molar-refractivity contribution in [2.24, 2.45) is 11.3 Å². The minimum atomic E-state index is -0.608. The van der Waals surface area contributed by atoms with Gasteiger partial charge in [0.05, 0.1) is 0 Å². The van der Waals surface area contributed by atoms with Gasteiger partial charge in [0.2, 0.25) is 5.91 Å². The van der Waals surface area contributed by atoms with Crippen molar-refractivity contribution < 1.29 is 14.0 Å². The Labute approximate surface area is 186 Å². The third kappa shape index (κ3) is 4.84. The van der Waals surface area contributed by atoms with Gasteiger partial charge in [-0.2, -0.15) is 0 Å². The Morgan fingerprint density at radius 2 is 1.88 bits per heavy atom. The zero-order valence-electron chi connectivity index (χ0n) is 18.7. The van der Waals surface area contributed by atoms with Crippen LogP contribution < -0.4 is 16.2 Å². The van der Waals surface area contributed by atoms with Gasteiger partial charge in [-0.15, -0.1) is 0 Å². The van der Waals surface area contributed by atoms with Gasteiger partial charge in [0.15, 0.2) is 0 Å². The Bertz CT molecular complexity index is 1110. The number of likely N-dealkylation sites (tertiary alicyclic amines) is 1. The van der Waals surface area contributed by atoms with Crippen LogP contribution >= 0.6 is 0 Å². The number of carbonyl (C=O) groups is 2. The zero-order valence-corrected chi connectivity index (χ0v) is 18.7. The lowest BCUT2D eigenvalue weighted by Crippen LogP contribution is -2.49. The van der Waals surface area contributed by atoms with E-state index in [4.69, 9.17) is 0 Å². The van der Waals surface area contributed by atoms with Crippen LogP contribution in [-0.4, -0.2) is 34.5 Å². The predicted molar refractivity (Wildman–Crippen MR) is 121 cm³/mol. The van der Waals surface area contributed by atoms with E-state index in [1.807, 2.05) is 11.0 Å². The van der Waals surface area contributed by atoms with Crippen LogP contribution in [0.15, 0.2) is 41.2 Å². The van der Waals surface area contributed by atoms with Crippen LogP contribution in [0, 0.1) is 17.2 Å². The summed E-state index contributed by atoms with van der Waals surface area (Å²) in [6.07, 6.45) is 1.45. The Kier molecular flexibility index (Phi) is 5.79. The van der Waals surface area contributed by atoms with Gasteiger partial charge in [0, 0.05) is 43.4 Å². The largest absolute Gasteiger partial charge is 0.342 e. The molecule has 2 aromatic rings. The van der Waals surface area contributed by atoms with E-state index in [0.717, 1.165) is 12.1 Å². The van der Waals surface area contributed by atoms with Crippen LogP contribution in [0.4, 0.5) is 20.6 Å². The van der Waals surface area contributed by atoms with Gasteiger partial charge in [-0.25, -0.2) is 9.18 Å².